The van der Waals surface area contributed by atoms with E-state index in [-0.39, 0.29) is 18.4 Å². The summed E-state index contributed by atoms with van der Waals surface area (Å²) in [7, 11) is 1.92. The first-order valence-corrected chi connectivity index (χ1v) is 11.1. The van der Waals surface area contributed by atoms with Crippen molar-refractivity contribution in [2.45, 2.75) is 52.1 Å². The Morgan fingerprint density at radius 2 is 1.97 bits per heavy atom. The van der Waals surface area contributed by atoms with Crippen LogP contribution in [0.2, 0.25) is 0 Å². The van der Waals surface area contributed by atoms with Crippen LogP contribution < -0.4 is 5.32 Å². The van der Waals surface area contributed by atoms with Crippen LogP contribution in [0.5, 0.6) is 0 Å². The van der Waals surface area contributed by atoms with Gasteiger partial charge >= 0.3 is 6.09 Å². The van der Waals surface area contributed by atoms with Crippen molar-refractivity contribution in [1.29, 1.82) is 0 Å². The number of piperidine rings is 1. The third-order valence-electron chi connectivity index (χ3n) is 5.72. The second-order valence-corrected chi connectivity index (χ2v) is 9.41. The van der Waals surface area contributed by atoms with E-state index in [1.54, 1.807) is 25.7 Å². The number of likely N-dealkylation sites (tertiary alicyclic amines) is 1. The van der Waals surface area contributed by atoms with Crippen molar-refractivity contribution in [3.05, 3.63) is 29.8 Å². The van der Waals surface area contributed by atoms with Gasteiger partial charge in [-0.25, -0.2) is 4.79 Å². The van der Waals surface area contributed by atoms with Gasteiger partial charge in [0.1, 0.15) is 12.1 Å². The Bertz CT molecular complexity index is 1170. The molecule has 0 bridgehead atoms. The normalized spacial score (nSPS) is 15.1. The van der Waals surface area contributed by atoms with Gasteiger partial charge in [0.05, 0.1) is 11.2 Å². The van der Waals surface area contributed by atoms with Crippen LogP contribution in [0.4, 0.5) is 4.79 Å². The Morgan fingerprint density at radius 1 is 1.24 bits per heavy atom. The van der Waals surface area contributed by atoms with Crippen molar-refractivity contribution in [3.8, 4) is 11.4 Å². The quantitative estimate of drug-likeness (QED) is 0.644. The topological polar surface area (TPSA) is 115 Å². The van der Waals surface area contributed by atoms with Crippen molar-refractivity contribution in [1.82, 2.24) is 30.1 Å². The zero-order valence-corrected chi connectivity index (χ0v) is 19.7. The Hall–Kier alpha value is -3.43. The number of aryl methyl sites for hydroxylation is 2. The number of benzene rings is 1. The number of alkyl carbamates (subject to hydrolysis) is 1. The highest BCUT2D eigenvalue weighted by Crippen LogP contribution is 2.30. The van der Waals surface area contributed by atoms with Gasteiger partial charge in [0, 0.05) is 37.0 Å². The summed E-state index contributed by atoms with van der Waals surface area (Å²) < 4.78 is 12.6. The zero-order chi connectivity index (χ0) is 23.8. The van der Waals surface area contributed by atoms with Gasteiger partial charge in [-0.1, -0.05) is 17.3 Å². The Balaban J connectivity index is 1.33. The molecule has 0 spiro atoms. The Labute approximate surface area is 192 Å². The molecular formula is C23H30N6O4. The molecule has 1 aliphatic heterocycles. The first-order chi connectivity index (χ1) is 15.6. The molecule has 176 valence electrons. The summed E-state index contributed by atoms with van der Waals surface area (Å²) in [6, 6.07) is 6.02. The minimum atomic E-state index is -0.600. The van der Waals surface area contributed by atoms with E-state index in [0.29, 0.717) is 24.8 Å². The standard InChI is InChI=1S/C23H30N6O4/c1-14-17-7-6-16(12-18(17)28(5)26-14)20-25-21(33-27-20)15-8-10-29(11-9-15)19(30)13-24-22(31)32-23(2,3)4/h6-7,12,15H,8-11,13H2,1-5H3,(H,24,31). The fraction of sp³-hybridized carbons (Fsp3) is 0.522. The molecule has 1 fully saturated rings. The molecule has 0 atom stereocenters. The van der Waals surface area contributed by atoms with Crippen molar-refractivity contribution in [2.24, 2.45) is 7.05 Å². The number of rotatable bonds is 4. The summed E-state index contributed by atoms with van der Waals surface area (Å²) in [5, 5.41) is 12.3. The fourth-order valence-corrected chi connectivity index (χ4v) is 4.05. The second-order valence-electron chi connectivity index (χ2n) is 9.41. The molecule has 3 aromatic rings. The van der Waals surface area contributed by atoms with Gasteiger partial charge in [-0.05, 0) is 46.6 Å². The van der Waals surface area contributed by atoms with Gasteiger partial charge in [-0.2, -0.15) is 10.1 Å². The summed E-state index contributed by atoms with van der Waals surface area (Å²) in [5.74, 6) is 1.10. The van der Waals surface area contributed by atoms with Gasteiger partial charge in [0.15, 0.2) is 0 Å². The molecule has 0 aliphatic carbocycles. The number of amides is 2. The molecule has 0 unspecified atom stereocenters. The summed E-state index contributed by atoms with van der Waals surface area (Å²) in [5.41, 5.74) is 2.27. The smallest absolute Gasteiger partial charge is 0.408 e. The maximum atomic E-state index is 12.4. The lowest BCUT2D eigenvalue weighted by molar-refractivity contribution is -0.131. The van der Waals surface area contributed by atoms with Crippen LogP contribution in [0.1, 0.15) is 51.1 Å². The number of fused-ring (bicyclic) bond motifs is 1. The van der Waals surface area contributed by atoms with Crippen LogP contribution in [0.3, 0.4) is 0 Å². The predicted molar refractivity (Wildman–Crippen MR) is 122 cm³/mol. The van der Waals surface area contributed by atoms with E-state index >= 15 is 0 Å². The second kappa shape index (κ2) is 8.84. The van der Waals surface area contributed by atoms with Crippen molar-refractivity contribution < 1.29 is 18.8 Å². The van der Waals surface area contributed by atoms with E-state index in [9.17, 15) is 9.59 Å². The molecule has 10 nitrogen and oxygen atoms in total. The molecule has 3 heterocycles. The van der Waals surface area contributed by atoms with Crippen LogP contribution in [0, 0.1) is 6.92 Å². The zero-order valence-electron chi connectivity index (χ0n) is 19.7. The van der Waals surface area contributed by atoms with E-state index in [4.69, 9.17) is 9.26 Å². The highest BCUT2D eigenvalue weighted by atomic mass is 16.6. The molecule has 4 rings (SSSR count). The summed E-state index contributed by atoms with van der Waals surface area (Å²) >= 11 is 0. The monoisotopic (exact) mass is 454 g/mol. The number of hydrogen-bond donors (Lipinski definition) is 1. The van der Waals surface area contributed by atoms with Crippen LogP contribution in [0.25, 0.3) is 22.3 Å². The minimum Gasteiger partial charge on any atom is -0.444 e. The van der Waals surface area contributed by atoms with Crippen LogP contribution >= 0.6 is 0 Å². The average molecular weight is 455 g/mol. The Morgan fingerprint density at radius 3 is 2.67 bits per heavy atom. The summed E-state index contributed by atoms with van der Waals surface area (Å²) in [6.07, 6.45) is 0.850. The molecule has 0 saturated carbocycles. The van der Waals surface area contributed by atoms with Gasteiger partial charge in [0.25, 0.3) is 0 Å². The third-order valence-corrected chi connectivity index (χ3v) is 5.72. The van der Waals surface area contributed by atoms with Crippen molar-refractivity contribution in [2.75, 3.05) is 19.6 Å². The van der Waals surface area contributed by atoms with Gasteiger partial charge in [0.2, 0.25) is 17.6 Å². The van der Waals surface area contributed by atoms with E-state index in [0.717, 1.165) is 35.0 Å². The van der Waals surface area contributed by atoms with Crippen LogP contribution in [0.15, 0.2) is 22.7 Å². The molecule has 1 aliphatic rings. The number of carbonyl (C=O) groups is 2. The van der Waals surface area contributed by atoms with E-state index in [2.05, 4.69) is 20.6 Å². The maximum absolute atomic E-state index is 12.4. The fourth-order valence-electron chi connectivity index (χ4n) is 4.05. The highest BCUT2D eigenvalue weighted by molar-refractivity contribution is 5.85. The molecule has 1 N–H and O–H groups in total. The number of aromatic nitrogens is 4. The largest absolute Gasteiger partial charge is 0.444 e. The lowest BCUT2D eigenvalue weighted by atomic mass is 9.96. The van der Waals surface area contributed by atoms with E-state index in [1.165, 1.54) is 0 Å². The van der Waals surface area contributed by atoms with Gasteiger partial charge < -0.3 is 19.5 Å². The maximum Gasteiger partial charge on any atom is 0.408 e. The SMILES string of the molecule is Cc1nn(C)c2cc(-c3noc(C4CCN(C(=O)CNC(=O)OC(C)(C)C)CC4)n3)ccc12. The molecule has 10 heteroatoms. The number of nitrogens with zero attached hydrogens (tertiary/aromatic N) is 5. The summed E-state index contributed by atoms with van der Waals surface area (Å²) in [4.78, 5) is 30.6. The van der Waals surface area contributed by atoms with Crippen molar-refractivity contribution >= 4 is 22.9 Å². The van der Waals surface area contributed by atoms with Gasteiger partial charge in [-0.3, -0.25) is 9.48 Å². The number of hydrogen-bond acceptors (Lipinski definition) is 7. The molecule has 1 aromatic carbocycles. The number of ether oxygens (including phenoxy) is 1. The third kappa shape index (κ3) is 5.15. The van der Waals surface area contributed by atoms with Gasteiger partial charge in [-0.15, -0.1) is 0 Å². The predicted octanol–water partition coefficient (Wildman–Crippen LogP) is 3.16. The first-order valence-electron chi connectivity index (χ1n) is 11.1. The molecular weight excluding hydrogens is 424 g/mol. The average Bonchev–Trinajstić information content (AvgIpc) is 3.36. The Kier molecular flexibility index (Phi) is 6.09. The molecule has 33 heavy (non-hydrogen) atoms. The van der Waals surface area contributed by atoms with E-state index < -0.39 is 11.7 Å². The minimum absolute atomic E-state index is 0.0831. The van der Waals surface area contributed by atoms with Crippen LogP contribution in [-0.2, 0) is 16.6 Å². The molecule has 2 amide bonds. The summed E-state index contributed by atoms with van der Waals surface area (Å²) in [6.45, 7) is 8.37. The van der Waals surface area contributed by atoms with E-state index in [1.807, 2.05) is 36.9 Å². The highest BCUT2D eigenvalue weighted by Gasteiger charge is 2.28. The first kappa shape index (κ1) is 22.8. The lowest BCUT2D eigenvalue weighted by Gasteiger charge is -2.30. The van der Waals surface area contributed by atoms with Crippen LogP contribution in [-0.4, -0.2) is 62.1 Å². The number of carbonyl (C=O) groups excluding carboxylic acids is 2. The number of nitrogens with one attached hydrogen (secondary N) is 1. The molecule has 0 radical (unpaired) electrons. The van der Waals surface area contributed by atoms with Crippen molar-refractivity contribution in [3.63, 3.8) is 0 Å². The molecule has 2 aromatic heterocycles. The lowest BCUT2D eigenvalue weighted by Crippen LogP contribution is -2.44. The molecule has 1 saturated heterocycles.